The summed E-state index contributed by atoms with van der Waals surface area (Å²) < 4.78 is 27.6. The van der Waals surface area contributed by atoms with Crippen LogP contribution in [0.3, 0.4) is 0 Å². The van der Waals surface area contributed by atoms with Gasteiger partial charge >= 0.3 is 0 Å². The molecule has 3 rings (SSSR count). The second kappa shape index (κ2) is 14.5. The third-order valence-corrected chi connectivity index (χ3v) is 6.11. The number of morpholine rings is 1. The molecule has 2 aromatic carbocycles. The smallest absolute Gasteiger partial charge is 0.136 e. The lowest BCUT2D eigenvalue weighted by molar-refractivity contribution is 0.0289. The SMILES string of the molecule is COc1cc(OC)c(C[C@@H]2CNCCO2)cc1Br.COc1ccc(C[C@@H](O)CCl)c(OC)c1. The average molecular weight is 547 g/mol. The molecule has 1 heterocycles. The Bertz CT molecular complexity index is 863. The predicted octanol–water partition coefficient (Wildman–Crippen LogP) is 3.84. The summed E-state index contributed by atoms with van der Waals surface area (Å²) >= 11 is 9.04. The molecule has 1 saturated heterocycles. The predicted molar refractivity (Wildman–Crippen MR) is 134 cm³/mol. The molecule has 0 unspecified atom stereocenters. The minimum absolute atomic E-state index is 0.202. The normalized spacial score (nSPS) is 16.3. The first-order valence-electron chi connectivity index (χ1n) is 10.6. The highest BCUT2D eigenvalue weighted by molar-refractivity contribution is 9.10. The lowest BCUT2D eigenvalue weighted by Crippen LogP contribution is -2.39. The van der Waals surface area contributed by atoms with Crippen LogP contribution in [0.4, 0.5) is 0 Å². The molecule has 0 spiro atoms. The zero-order chi connectivity index (χ0) is 24.2. The molecule has 0 aliphatic carbocycles. The van der Waals surface area contributed by atoms with E-state index in [9.17, 15) is 5.11 Å². The van der Waals surface area contributed by atoms with E-state index in [2.05, 4.69) is 21.2 Å². The van der Waals surface area contributed by atoms with Gasteiger partial charge in [-0.05, 0) is 39.2 Å². The molecule has 1 aliphatic heterocycles. The van der Waals surface area contributed by atoms with Crippen LogP contribution in [0.5, 0.6) is 23.0 Å². The molecule has 0 saturated carbocycles. The summed E-state index contributed by atoms with van der Waals surface area (Å²) in [6.07, 6.45) is 0.969. The summed E-state index contributed by atoms with van der Waals surface area (Å²) in [6.45, 7) is 2.58. The summed E-state index contributed by atoms with van der Waals surface area (Å²) in [5, 5.41) is 12.8. The van der Waals surface area contributed by atoms with Gasteiger partial charge in [0.2, 0.25) is 0 Å². The number of rotatable bonds is 9. The minimum Gasteiger partial charge on any atom is -0.497 e. The standard InChI is InChI=1S/C13H18BrNO3.C11H15ClO3/c1-16-12-7-13(17-2)11(14)6-9(12)5-10-8-15-3-4-18-10;1-14-10-4-3-8(5-9(13)7-12)11(6-10)15-2/h6-7,10,15H,3-5,8H2,1-2H3;3-4,6,9,13H,5,7H2,1-2H3/t10-;9-/m11/s1. The lowest BCUT2D eigenvalue weighted by atomic mass is 10.1. The molecular weight excluding hydrogens is 514 g/mol. The number of methoxy groups -OCH3 is 4. The number of aliphatic hydroxyl groups is 1. The Labute approximate surface area is 209 Å². The van der Waals surface area contributed by atoms with Gasteiger partial charge < -0.3 is 34.1 Å². The Morgan fingerprint density at radius 2 is 1.73 bits per heavy atom. The van der Waals surface area contributed by atoms with Crippen molar-refractivity contribution in [2.75, 3.05) is 54.0 Å². The molecule has 1 aliphatic rings. The van der Waals surface area contributed by atoms with Crippen molar-refractivity contribution in [2.45, 2.75) is 25.0 Å². The van der Waals surface area contributed by atoms with Gasteiger partial charge in [-0.2, -0.15) is 0 Å². The van der Waals surface area contributed by atoms with E-state index in [0.29, 0.717) is 12.2 Å². The fourth-order valence-corrected chi connectivity index (χ4v) is 4.07. The third kappa shape index (κ3) is 8.54. The van der Waals surface area contributed by atoms with Gasteiger partial charge in [0.25, 0.3) is 0 Å². The Balaban J connectivity index is 0.000000238. The summed E-state index contributed by atoms with van der Waals surface area (Å²) in [7, 11) is 6.51. The van der Waals surface area contributed by atoms with Crippen molar-refractivity contribution in [1.82, 2.24) is 5.32 Å². The van der Waals surface area contributed by atoms with Crippen LogP contribution in [-0.4, -0.2) is 71.3 Å². The Kier molecular flexibility index (Phi) is 12.1. The number of aliphatic hydroxyl groups excluding tert-OH is 1. The highest BCUT2D eigenvalue weighted by atomic mass is 79.9. The van der Waals surface area contributed by atoms with Crippen LogP contribution in [0.1, 0.15) is 11.1 Å². The van der Waals surface area contributed by atoms with E-state index < -0.39 is 6.10 Å². The number of alkyl halides is 1. The third-order valence-electron chi connectivity index (χ3n) is 5.13. The van der Waals surface area contributed by atoms with Crippen molar-refractivity contribution >= 4 is 27.5 Å². The van der Waals surface area contributed by atoms with Gasteiger partial charge in [0.05, 0.1) is 51.7 Å². The molecule has 7 nitrogen and oxygen atoms in total. The van der Waals surface area contributed by atoms with Crippen LogP contribution in [0, 0.1) is 0 Å². The average Bonchev–Trinajstić information content (AvgIpc) is 2.85. The number of ether oxygens (including phenoxy) is 5. The molecule has 184 valence electrons. The summed E-state index contributed by atoms with van der Waals surface area (Å²) in [6, 6.07) is 9.42. The van der Waals surface area contributed by atoms with Crippen molar-refractivity contribution in [3.8, 4) is 23.0 Å². The van der Waals surface area contributed by atoms with E-state index in [0.717, 1.165) is 59.0 Å². The monoisotopic (exact) mass is 545 g/mol. The topological polar surface area (TPSA) is 78.4 Å². The molecular formula is C24H33BrClNO6. The first-order chi connectivity index (χ1) is 15.9. The quantitative estimate of drug-likeness (QED) is 0.463. The van der Waals surface area contributed by atoms with Crippen LogP contribution >= 0.6 is 27.5 Å². The maximum atomic E-state index is 9.44. The molecule has 0 amide bonds. The second-order valence-corrected chi connectivity index (χ2v) is 8.55. The molecule has 2 N–H and O–H groups in total. The Hall–Kier alpha value is -1.71. The zero-order valence-corrected chi connectivity index (χ0v) is 21.9. The van der Waals surface area contributed by atoms with Crippen LogP contribution in [0.25, 0.3) is 0 Å². The molecule has 0 bridgehead atoms. The van der Waals surface area contributed by atoms with E-state index in [1.165, 1.54) is 0 Å². The lowest BCUT2D eigenvalue weighted by Gasteiger charge is -2.24. The summed E-state index contributed by atoms with van der Waals surface area (Å²) in [5.74, 6) is 3.27. The number of hydrogen-bond acceptors (Lipinski definition) is 7. The molecule has 9 heteroatoms. The number of hydrogen-bond donors (Lipinski definition) is 2. The number of benzene rings is 2. The van der Waals surface area contributed by atoms with Gasteiger partial charge in [-0.15, -0.1) is 11.6 Å². The largest absolute Gasteiger partial charge is 0.497 e. The highest BCUT2D eigenvalue weighted by Crippen LogP contribution is 2.33. The minimum atomic E-state index is -0.547. The van der Waals surface area contributed by atoms with Gasteiger partial charge in [-0.25, -0.2) is 0 Å². The van der Waals surface area contributed by atoms with Crippen LogP contribution in [0.2, 0.25) is 0 Å². The Morgan fingerprint density at radius 3 is 2.30 bits per heavy atom. The van der Waals surface area contributed by atoms with Crippen molar-refractivity contribution in [2.24, 2.45) is 0 Å². The van der Waals surface area contributed by atoms with Gasteiger partial charge in [-0.3, -0.25) is 0 Å². The van der Waals surface area contributed by atoms with E-state index >= 15 is 0 Å². The van der Waals surface area contributed by atoms with E-state index in [1.807, 2.05) is 24.3 Å². The molecule has 2 aromatic rings. The van der Waals surface area contributed by atoms with Crippen molar-refractivity contribution in [1.29, 1.82) is 0 Å². The molecule has 33 heavy (non-hydrogen) atoms. The molecule has 0 aromatic heterocycles. The fourth-order valence-electron chi connectivity index (χ4n) is 3.41. The highest BCUT2D eigenvalue weighted by Gasteiger charge is 2.18. The maximum absolute atomic E-state index is 9.44. The van der Waals surface area contributed by atoms with Crippen LogP contribution in [-0.2, 0) is 17.6 Å². The molecule has 0 radical (unpaired) electrons. The fraction of sp³-hybridized carbons (Fsp3) is 0.500. The van der Waals surface area contributed by atoms with Crippen molar-refractivity contribution in [3.05, 3.63) is 45.9 Å². The maximum Gasteiger partial charge on any atom is 0.136 e. The zero-order valence-electron chi connectivity index (χ0n) is 19.5. The van der Waals surface area contributed by atoms with Gasteiger partial charge in [-0.1, -0.05) is 6.07 Å². The summed E-state index contributed by atoms with van der Waals surface area (Å²) in [4.78, 5) is 0. The van der Waals surface area contributed by atoms with Gasteiger partial charge in [0, 0.05) is 43.9 Å². The van der Waals surface area contributed by atoms with E-state index in [4.69, 9.17) is 35.3 Å². The van der Waals surface area contributed by atoms with Crippen molar-refractivity contribution < 1.29 is 28.8 Å². The molecule has 2 atom stereocenters. The summed E-state index contributed by atoms with van der Waals surface area (Å²) in [5.41, 5.74) is 2.05. The van der Waals surface area contributed by atoms with Crippen LogP contribution < -0.4 is 24.3 Å². The number of halogens is 2. The number of nitrogens with one attached hydrogen (secondary N) is 1. The first kappa shape index (κ1) is 27.5. The van der Waals surface area contributed by atoms with Gasteiger partial charge in [0.15, 0.2) is 0 Å². The Morgan fingerprint density at radius 1 is 1.03 bits per heavy atom. The van der Waals surface area contributed by atoms with Crippen molar-refractivity contribution in [3.63, 3.8) is 0 Å². The second-order valence-electron chi connectivity index (χ2n) is 7.39. The first-order valence-corrected chi connectivity index (χ1v) is 12.0. The van der Waals surface area contributed by atoms with E-state index in [1.54, 1.807) is 34.5 Å². The van der Waals surface area contributed by atoms with Crippen LogP contribution in [0.15, 0.2) is 34.8 Å². The van der Waals surface area contributed by atoms with Gasteiger partial charge in [0.1, 0.15) is 23.0 Å². The molecule has 1 fully saturated rings. The van der Waals surface area contributed by atoms with E-state index in [-0.39, 0.29) is 12.0 Å².